The maximum atomic E-state index is 12.8. The summed E-state index contributed by atoms with van der Waals surface area (Å²) < 4.78 is 25.5. The summed E-state index contributed by atoms with van der Waals surface area (Å²) in [5.41, 5.74) is -0.252. The van der Waals surface area contributed by atoms with Gasteiger partial charge in [-0.15, -0.1) is 0 Å². The van der Waals surface area contributed by atoms with Crippen molar-refractivity contribution < 1.29 is 18.7 Å². The number of benzene rings is 1. The van der Waals surface area contributed by atoms with Crippen LogP contribution in [-0.2, 0) is 11.2 Å². The Balaban J connectivity index is 3.12. The third-order valence-corrected chi connectivity index (χ3v) is 1.63. The first-order valence-electron chi connectivity index (χ1n) is 3.36. The molecule has 1 aromatic rings. The van der Waals surface area contributed by atoms with Crippen LogP contribution in [0, 0.1) is 11.6 Å². The van der Waals surface area contributed by atoms with E-state index in [1.807, 2.05) is 0 Å². The van der Waals surface area contributed by atoms with Crippen LogP contribution in [0.2, 0.25) is 5.02 Å². The highest BCUT2D eigenvalue weighted by Gasteiger charge is 2.12. The molecule has 1 N–H and O–H groups in total. The number of carboxylic acids is 1. The third-order valence-electron chi connectivity index (χ3n) is 1.41. The molecule has 0 aromatic heterocycles. The average Bonchev–Trinajstić information content (AvgIpc) is 1.98. The van der Waals surface area contributed by atoms with Crippen molar-refractivity contribution in [3.63, 3.8) is 0 Å². The van der Waals surface area contributed by atoms with Gasteiger partial charge in [0.2, 0.25) is 0 Å². The maximum absolute atomic E-state index is 12.8. The highest BCUT2D eigenvalue weighted by molar-refractivity contribution is 6.30. The molecule has 0 aliphatic carbocycles. The molecule has 0 aliphatic heterocycles. The van der Waals surface area contributed by atoms with Gasteiger partial charge in [-0.25, -0.2) is 8.78 Å². The Kier molecular flexibility index (Phi) is 2.83. The van der Waals surface area contributed by atoms with Gasteiger partial charge in [-0.3, -0.25) is 4.79 Å². The first-order valence-corrected chi connectivity index (χ1v) is 3.73. The smallest absolute Gasteiger partial charge is 0.307 e. The SMILES string of the molecule is O=C(O)Cc1cc(Cl)cc(F)c1F. The van der Waals surface area contributed by atoms with E-state index in [9.17, 15) is 13.6 Å². The Hall–Kier alpha value is -1.16. The molecule has 0 aliphatic rings. The average molecular weight is 207 g/mol. The summed E-state index contributed by atoms with van der Waals surface area (Å²) in [5.74, 6) is -3.53. The molecule has 0 saturated carbocycles. The molecule has 0 saturated heterocycles. The summed E-state index contributed by atoms with van der Waals surface area (Å²) in [7, 11) is 0. The molecule has 2 nitrogen and oxygen atoms in total. The van der Waals surface area contributed by atoms with Crippen LogP contribution in [0.5, 0.6) is 0 Å². The molecule has 0 bridgehead atoms. The molecule has 0 atom stereocenters. The van der Waals surface area contributed by atoms with E-state index in [0.717, 1.165) is 12.1 Å². The predicted octanol–water partition coefficient (Wildman–Crippen LogP) is 2.25. The number of rotatable bonds is 2. The second-order valence-electron chi connectivity index (χ2n) is 2.43. The normalized spacial score (nSPS) is 10.1. The second kappa shape index (κ2) is 3.70. The van der Waals surface area contributed by atoms with Crippen molar-refractivity contribution in [2.75, 3.05) is 0 Å². The van der Waals surface area contributed by atoms with Gasteiger partial charge < -0.3 is 5.11 Å². The summed E-state index contributed by atoms with van der Waals surface area (Å²) in [6.07, 6.45) is -0.580. The van der Waals surface area contributed by atoms with Gasteiger partial charge in [0.05, 0.1) is 6.42 Å². The third kappa shape index (κ3) is 2.39. The van der Waals surface area contributed by atoms with E-state index in [4.69, 9.17) is 16.7 Å². The van der Waals surface area contributed by atoms with Gasteiger partial charge in [0.25, 0.3) is 0 Å². The lowest BCUT2D eigenvalue weighted by molar-refractivity contribution is -0.136. The van der Waals surface area contributed by atoms with Crippen molar-refractivity contribution in [2.45, 2.75) is 6.42 Å². The van der Waals surface area contributed by atoms with Gasteiger partial charge in [-0.05, 0) is 12.1 Å². The number of hydrogen-bond acceptors (Lipinski definition) is 1. The highest BCUT2D eigenvalue weighted by Crippen LogP contribution is 2.18. The number of halogens is 3. The minimum absolute atomic E-state index is 0.0184. The number of hydrogen-bond donors (Lipinski definition) is 1. The largest absolute Gasteiger partial charge is 0.481 e. The van der Waals surface area contributed by atoms with Crippen molar-refractivity contribution in [1.29, 1.82) is 0 Å². The van der Waals surface area contributed by atoms with Crippen molar-refractivity contribution >= 4 is 17.6 Å². The lowest BCUT2D eigenvalue weighted by atomic mass is 10.1. The van der Waals surface area contributed by atoms with Crippen molar-refractivity contribution in [1.82, 2.24) is 0 Å². The molecule has 0 radical (unpaired) electrons. The summed E-state index contributed by atoms with van der Waals surface area (Å²) in [5, 5.41) is 8.32. The maximum Gasteiger partial charge on any atom is 0.307 e. The van der Waals surface area contributed by atoms with Crippen LogP contribution < -0.4 is 0 Å². The van der Waals surface area contributed by atoms with Crippen molar-refractivity contribution in [3.05, 3.63) is 34.4 Å². The lowest BCUT2D eigenvalue weighted by Gasteiger charge is -2.01. The first-order chi connectivity index (χ1) is 6.00. The van der Waals surface area contributed by atoms with Gasteiger partial charge in [0.1, 0.15) is 0 Å². The zero-order valence-corrected chi connectivity index (χ0v) is 7.11. The minimum Gasteiger partial charge on any atom is -0.481 e. The van der Waals surface area contributed by atoms with Crippen LogP contribution in [0.3, 0.4) is 0 Å². The molecule has 1 rings (SSSR count). The quantitative estimate of drug-likeness (QED) is 0.754. The molecule has 0 spiro atoms. The zero-order chi connectivity index (χ0) is 10.0. The Morgan fingerprint density at radius 1 is 1.46 bits per heavy atom. The zero-order valence-electron chi connectivity index (χ0n) is 6.35. The van der Waals surface area contributed by atoms with Gasteiger partial charge in [0, 0.05) is 10.6 Å². The van der Waals surface area contributed by atoms with Crippen LogP contribution in [-0.4, -0.2) is 11.1 Å². The van der Waals surface area contributed by atoms with Crippen LogP contribution in [0.25, 0.3) is 0 Å². The van der Waals surface area contributed by atoms with E-state index >= 15 is 0 Å². The van der Waals surface area contributed by atoms with Crippen molar-refractivity contribution in [3.8, 4) is 0 Å². The molecule has 0 amide bonds. The van der Waals surface area contributed by atoms with Gasteiger partial charge >= 0.3 is 5.97 Å². The first kappa shape index (κ1) is 9.92. The van der Waals surface area contributed by atoms with E-state index in [1.54, 1.807) is 0 Å². The van der Waals surface area contributed by atoms with E-state index in [-0.39, 0.29) is 10.6 Å². The number of aliphatic carboxylic acids is 1. The fraction of sp³-hybridized carbons (Fsp3) is 0.125. The number of carboxylic acid groups (broad SMARTS) is 1. The molecule has 13 heavy (non-hydrogen) atoms. The topological polar surface area (TPSA) is 37.3 Å². The van der Waals surface area contributed by atoms with Crippen LogP contribution in [0.1, 0.15) is 5.56 Å². The second-order valence-corrected chi connectivity index (χ2v) is 2.87. The van der Waals surface area contributed by atoms with Crippen LogP contribution in [0.4, 0.5) is 8.78 Å². The predicted molar refractivity (Wildman–Crippen MR) is 42.7 cm³/mol. The molecular formula is C8H5ClF2O2. The summed E-state index contributed by atoms with van der Waals surface area (Å²) >= 11 is 5.41. The van der Waals surface area contributed by atoms with Gasteiger partial charge in [0.15, 0.2) is 11.6 Å². The fourth-order valence-electron chi connectivity index (χ4n) is 0.901. The van der Waals surface area contributed by atoms with E-state index in [1.165, 1.54) is 0 Å². The number of carbonyl (C=O) groups is 1. The van der Waals surface area contributed by atoms with Gasteiger partial charge in [-0.2, -0.15) is 0 Å². The molecule has 5 heteroatoms. The lowest BCUT2D eigenvalue weighted by Crippen LogP contribution is -2.03. The molecule has 70 valence electrons. The minimum atomic E-state index is -1.24. The molecular weight excluding hydrogens is 202 g/mol. The summed E-state index contributed by atoms with van der Waals surface area (Å²) in [6.45, 7) is 0. The fourth-order valence-corrected chi connectivity index (χ4v) is 1.13. The molecule has 0 fully saturated rings. The standard InChI is InChI=1S/C8H5ClF2O2/c9-5-1-4(2-7(12)13)8(11)6(10)3-5/h1,3H,2H2,(H,12,13). The summed E-state index contributed by atoms with van der Waals surface area (Å²) in [4.78, 5) is 10.2. The van der Waals surface area contributed by atoms with Gasteiger partial charge in [-0.1, -0.05) is 11.6 Å². The van der Waals surface area contributed by atoms with E-state index in [2.05, 4.69) is 0 Å². The molecule has 1 aromatic carbocycles. The van der Waals surface area contributed by atoms with Crippen LogP contribution in [0.15, 0.2) is 12.1 Å². The van der Waals surface area contributed by atoms with E-state index in [0.29, 0.717) is 0 Å². The Labute approximate surface area is 77.8 Å². The van der Waals surface area contributed by atoms with E-state index < -0.39 is 24.0 Å². The van der Waals surface area contributed by atoms with Crippen molar-refractivity contribution in [2.24, 2.45) is 0 Å². The Bertz CT molecular complexity index is 352. The Morgan fingerprint density at radius 3 is 2.62 bits per heavy atom. The molecule has 0 heterocycles. The molecule has 0 unspecified atom stereocenters. The van der Waals surface area contributed by atoms with Crippen LogP contribution >= 0.6 is 11.6 Å². The Morgan fingerprint density at radius 2 is 2.08 bits per heavy atom. The highest BCUT2D eigenvalue weighted by atomic mass is 35.5. The monoisotopic (exact) mass is 206 g/mol. The summed E-state index contributed by atoms with van der Waals surface area (Å²) in [6, 6.07) is 1.89.